The van der Waals surface area contributed by atoms with Crippen molar-refractivity contribution >= 4 is 16.7 Å². The van der Waals surface area contributed by atoms with Gasteiger partial charge in [-0.25, -0.2) is 4.39 Å². The van der Waals surface area contributed by atoms with Crippen LogP contribution >= 0.6 is 0 Å². The first-order valence-electron chi connectivity index (χ1n) is 13.0. The summed E-state index contributed by atoms with van der Waals surface area (Å²) in [7, 11) is 0. The van der Waals surface area contributed by atoms with E-state index in [1.54, 1.807) is 12.1 Å². The molecule has 1 aromatic heterocycles. The van der Waals surface area contributed by atoms with E-state index in [-0.39, 0.29) is 11.6 Å². The van der Waals surface area contributed by atoms with Gasteiger partial charge >= 0.3 is 0 Å². The lowest BCUT2D eigenvalue weighted by Crippen LogP contribution is -2.23. The topological polar surface area (TPSA) is 30.0 Å². The number of carbonyl (C=O) groups is 1. The van der Waals surface area contributed by atoms with Crippen LogP contribution in [0.25, 0.3) is 22.0 Å². The third-order valence-corrected chi connectivity index (χ3v) is 7.85. The van der Waals surface area contributed by atoms with Gasteiger partial charge < -0.3 is 0 Å². The molecule has 1 atom stereocenters. The van der Waals surface area contributed by atoms with Crippen LogP contribution in [-0.4, -0.2) is 10.8 Å². The summed E-state index contributed by atoms with van der Waals surface area (Å²) in [6.07, 6.45) is 9.44. The second-order valence-electron chi connectivity index (χ2n) is 10.0. The number of hydrogen-bond donors (Lipinski definition) is 0. The van der Waals surface area contributed by atoms with Crippen LogP contribution in [0.2, 0.25) is 0 Å². The van der Waals surface area contributed by atoms with Crippen molar-refractivity contribution < 1.29 is 9.18 Å². The van der Waals surface area contributed by atoms with Gasteiger partial charge in [0.1, 0.15) is 5.82 Å². The third kappa shape index (κ3) is 5.31. The van der Waals surface area contributed by atoms with Crippen molar-refractivity contribution in [3.63, 3.8) is 0 Å². The Morgan fingerprint density at radius 2 is 1.67 bits per heavy atom. The van der Waals surface area contributed by atoms with Crippen LogP contribution in [0.4, 0.5) is 4.39 Å². The Morgan fingerprint density at radius 3 is 2.39 bits per heavy atom. The van der Waals surface area contributed by atoms with Crippen molar-refractivity contribution in [1.82, 2.24) is 4.98 Å². The second-order valence-corrected chi connectivity index (χ2v) is 10.0. The molecule has 1 aliphatic carbocycles. The summed E-state index contributed by atoms with van der Waals surface area (Å²) < 4.78 is 13.9. The Kier molecular flexibility index (Phi) is 7.36. The number of fused-ring (bicyclic) bond motifs is 1. The molecule has 1 aliphatic rings. The standard InChI is InChI=1S/C33H32FNO/c1-2-6-28(21-33(36)27-15-11-24(12-16-27)23-7-4-3-5-8-23)25-9-13-26(14-10-25)30-19-20-35-32-18-17-29(34)22-31(30)32/h2-5,7-8,11-12,15-20,22,25-26,28H,1,6,9-10,13-14,21H2/t25?,26?,28-/m0/s1. The zero-order valence-electron chi connectivity index (χ0n) is 20.6. The van der Waals surface area contributed by atoms with Crippen LogP contribution in [-0.2, 0) is 0 Å². The van der Waals surface area contributed by atoms with Gasteiger partial charge in [0, 0.05) is 23.6 Å². The molecular weight excluding hydrogens is 445 g/mol. The molecular formula is C33H32FNO. The molecule has 0 saturated heterocycles. The lowest BCUT2D eigenvalue weighted by atomic mass is 9.71. The van der Waals surface area contributed by atoms with E-state index in [4.69, 9.17) is 0 Å². The van der Waals surface area contributed by atoms with Crippen molar-refractivity contribution in [3.05, 3.63) is 115 Å². The van der Waals surface area contributed by atoms with Crippen LogP contribution in [0, 0.1) is 17.7 Å². The number of Topliss-reactive ketones (excluding diaryl/α,β-unsaturated/α-hetero) is 1. The first-order valence-corrected chi connectivity index (χ1v) is 13.0. The smallest absolute Gasteiger partial charge is 0.163 e. The summed E-state index contributed by atoms with van der Waals surface area (Å²) in [6.45, 7) is 3.97. The van der Waals surface area contributed by atoms with Crippen molar-refractivity contribution in [1.29, 1.82) is 0 Å². The quantitative estimate of drug-likeness (QED) is 0.187. The fourth-order valence-electron chi connectivity index (χ4n) is 5.89. The monoisotopic (exact) mass is 477 g/mol. The number of benzene rings is 3. The molecule has 5 rings (SSSR count). The van der Waals surface area contributed by atoms with Crippen LogP contribution in [0.3, 0.4) is 0 Å². The van der Waals surface area contributed by atoms with Gasteiger partial charge in [0.2, 0.25) is 0 Å². The molecule has 0 N–H and O–H groups in total. The van der Waals surface area contributed by atoms with Gasteiger partial charge in [-0.1, -0.05) is 60.7 Å². The molecule has 36 heavy (non-hydrogen) atoms. The largest absolute Gasteiger partial charge is 0.294 e. The summed E-state index contributed by atoms with van der Waals surface area (Å²) >= 11 is 0. The predicted molar refractivity (Wildman–Crippen MR) is 146 cm³/mol. The molecule has 1 saturated carbocycles. The molecule has 2 nitrogen and oxygen atoms in total. The van der Waals surface area contributed by atoms with Crippen molar-refractivity contribution in [2.75, 3.05) is 0 Å². The number of pyridine rings is 1. The van der Waals surface area contributed by atoms with Gasteiger partial charge in [0.05, 0.1) is 5.52 Å². The molecule has 182 valence electrons. The highest BCUT2D eigenvalue weighted by Gasteiger charge is 2.30. The van der Waals surface area contributed by atoms with E-state index in [9.17, 15) is 9.18 Å². The number of rotatable bonds is 8. The van der Waals surface area contributed by atoms with E-state index in [0.29, 0.717) is 24.2 Å². The minimum absolute atomic E-state index is 0.208. The van der Waals surface area contributed by atoms with E-state index < -0.39 is 0 Å². The SMILES string of the molecule is C=CC[C@@H](CC(=O)c1ccc(-c2ccccc2)cc1)C1CCC(c2ccnc3ccc(F)cc23)CC1. The molecule has 0 amide bonds. The minimum Gasteiger partial charge on any atom is -0.294 e. The molecule has 0 spiro atoms. The second kappa shape index (κ2) is 11.0. The summed E-state index contributed by atoms with van der Waals surface area (Å²) in [5.41, 5.74) is 5.11. The first-order chi connectivity index (χ1) is 17.6. The molecule has 3 aromatic carbocycles. The maximum absolute atomic E-state index is 13.9. The normalized spacial score (nSPS) is 18.6. The Balaban J connectivity index is 1.25. The molecule has 3 heteroatoms. The molecule has 0 aliphatic heterocycles. The van der Waals surface area contributed by atoms with Crippen molar-refractivity contribution in [2.24, 2.45) is 11.8 Å². The van der Waals surface area contributed by atoms with Crippen LogP contribution in [0.5, 0.6) is 0 Å². The Hall–Kier alpha value is -3.59. The molecule has 1 heterocycles. The Labute approximate surface area is 212 Å². The summed E-state index contributed by atoms with van der Waals surface area (Å²) in [5.74, 6) is 1.19. The highest BCUT2D eigenvalue weighted by molar-refractivity contribution is 5.96. The predicted octanol–water partition coefficient (Wildman–Crippen LogP) is 8.78. The fraction of sp³-hybridized carbons (Fsp3) is 0.273. The average molecular weight is 478 g/mol. The van der Waals surface area contributed by atoms with E-state index >= 15 is 0 Å². The number of ketones is 1. The number of hydrogen-bond acceptors (Lipinski definition) is 2. The van der Waals surface area contributed by atoms with Crippen LogP contribution in [0.15, 0.2) is 97.7 Å². The molecule has 0 bridgehead atoms. The van der Waals surface area contributed by atoms with Gasteiger partial charge in [-0.15, -0.1) is 6.58 Å². The number of carbonyl (C=O) groups excluding carboxylic acids is 1. The lowest BCUT2D eigenvalue weighted by Gasteiger charge is -2.34. The van der Waals surface area contributed by atoms with Crippen LogP contribution < -0.4 is 0 Å². The van der Waals surface area contributed by atoms with Gasteiger partial charge in [0.15, 0.2) is 5.78 Å². The maximum atomic E-state index is 13.9. The zero-order valence-corrected chi connectivity index (χ0v) is 20.6. The van der Waals surface area contributed by atoms with E-state index in [2.05, 4.69) is 29.8 Å². The van der Waals surface area contributed by atoms with Gasteiger partial charge in [-0.3, -0.25) is 9.78 Å². The molecule has 0 radical (unpaired) electrons. The summed E-state index contributed by atoms with van der Waals surface area (Å²) in [5, 5.41) is 0.928. The summed E-state index contributed by atoms with van der Waals surface area (Å²) in [4.78, 5) is 17.6. The van der Waals surface area contributed by atoms with E-state index in [0.717, 1.165) is 59.7 Å². The Bertz CT molecular complexity index is 1340. The average Bonchev–Trinajstić information content (AvgIpc) is 2.93. The van der Waals surface area contributed by atoms with Gasteiger partial charge in [0.25, 0.3) is 0 Å². The van der Waals surface area contributed by atoms with E-state index in [1.807, 2.05) is 54.7 Å². The first kappa shape index (κ1) is 24.1. The highest BCUT2D eigenvalue weighted by atomic mass is 19.1. The zero-order chi connectivity index (χ0) is 24.9. The fourth-order valence-corrected chi connectivity index (χ4v) is 5.89. The van der Waals surface area contributed by atoms with Crippen LogP contribution in [0.1, 0.15) is 60.4 Å². The number of aromatic nitrogens is 1. The number of nitrogens with zero attached hydrogens (tertiary/aromatic N) is 1. The molecule has 4 aromatic rings. The number of halogens is 1. The number of allylic oxidation sites excluding steroid dienone is 1. The summed E-state index contributed by atoms with van der Waals surface area (Å²) in [6, 6.07) is 25.1. The molecule has 0 unspecified atom stereocenters. The van der Waals surface area contributed by atoms with Gasteiger partial charge in [-0.05, 0) is 90.8 Å². The third-order valence-electron chi connectivity index (χ3n) is 7.85. The Morgan fingerprint density at radius 1 is 0.944 bits per heavy atom. The van der Waals surface area contributed by atoms with Crippen molar-refractivity contribution in [2.45, 2.75) is 44.4 Å². The van der Waals surface area contributed by atoms with E-state index in [1.165, 1.54) is 11.6 Å². The maximum Gasteiger partial charge on any atom is 0.163 e. The lowest BCUT2D eigenvalue weighted by molar-refractivity contribution is 0.0930. The van der Waals surface area contributed by atoms with Crippen molar-refractivity contribution in [3.8, 4) is 11.1 Å². The minimum atomic E-state index is -0.216. The highest BCUT2D eigenvalue weighted by Crippen LogP contribution is 2.42. The molecule has 1 fully saturated rings. The van der Waals surface area contributed by atoms with Gasteiger partial charge in [-0.2, -0.15) is 0 Å².